The lowest BCUT2D eigenvalue weighted by Crippen LogP contribution is -2.23. The summed E-state index contributed by atoms with van der Waals surface area (Å²) in [6.07, 6.45) is 1.13. The smallest absolute Gasteiger partial charge is 0.245 e. The second kappa shape index (κ2) is 8.36. The van der Waals surface area contributed by atoms with Crippen molar-refractivity contribution in [3.8, 4) is 22.6 Å². The first-order valence-electron chi connectivity index (χ1n) is 7.98. The van der Waals surface area contributed by atoms with Crippen molar-refractivity contribution in [1.29, 1.82) is 0 Å². The number of aromatic hydroxyl groups is 2. The molecule has 1 amide bonds. The lowest BCUT2D eigenvalue weighted by Gasteiger charge is -2.18. The molecule has 0 radical (unpaired) electrons. The molecule has 0 aromatic heterocycles. The van der Waals surface area contributed by atoms with Gasteiger partial charge in [0.1, 0.15) is 18.1 Å². The quantitative estimate of drug-likeness (QED) is 0.682. The molecule has 5 heteroatoms. The molecule has 0 bridgehead atoms. The van der Waals surface area contributed by atoms with E-state index in [9.17, 15) is 15.0 Å². The van der Waals surface area contributed by atoms with Crippen LogP contribution in [0.4, 0.5) is 0 Å². The third-order valence-electron chi connectivity index (χ3n) is 3.93. The Morgan fingerprint density at radius 3 is 2.46 bits per heavy atom. The second-order valence-corrected chi connectivity index (χ2v) is 5.44. The average Bonchev–Trinajstić information content (AvgIpc) is 2.59. The van der Waals surface area contributed by atoms with E-state index in [2.05, 4.69) is 5.32 Å². The van der Waals surface area contributed by atoms with Gasteiger partial charge >= 0.3 is 0 Å². The molecule has 0 aliphatic heterocycles. The van der Waals surface area contributed by atoms with Crippen LogP contribution in [-0.4, -0.2) is 36.4 Å². The zero-order valence-electron chi connectivity index (χ0n) is 14.0. The Labute approximate surface area is 141 Å². The van der Waals surface area contributed by atoms with Gasteiger partial charge in [0, 0.05) is 18.7 Å². The molecule has 0 heterocycles. The summed E-state index contributed by atoms with van der Waals surface area (Å²) in [5.41, 5.74) is 3.22. The minimum Gasteiger partial charge on any atom is -0.508 e. The largest absolute Gasteiger partial charge is 0.508 e. The van der Waals surface area contributed by atoms with Gasteiger partial charge in [0.05, 0.1) is 6.61 Å². The maximum Gasteiger partial charge on any atom is 0.245 e. The van der Waals surface area contributed by atoms with Gasteiger partial charge in [0.2, 0.25) is 5.91 Å². The number of phenols is 2. The van der Waals surface area contributed by atoms with E-state index in [1.165, 1.54) is 6.07 Å². The SMILES string of the molecule is CCc1c(O)cc(O)c(-c2ccccc2)c1CCOCC(=O)NC. The third kappa shape index (κ3) is 4.06. The zero-order valence-corrected chi connectivity index (χ0v) is 14.0. The van der Waals surface area contributed by atoms with Gasteiger partial charge in [-0.1, -0.05) is 37.3 Å². The van der Waals surface area contributed by atoms with Crippen LogP contribution < -0.4 is 5.32 Å². The molecule has 2 aromatic rings. The predicted molar refractivity (Wildman–Crippen MR) is 93.2 cm³/mol. The molecule has 24 heavy (non-hydrogen) atoms. The number of likely N-dealkylation sites (N-methyl/N-ethyl adjacent to an activating group) is 1. The van der Waals surface area contributed by atoms with Crippen molar-refractivity contribution in [3.05, 3.63) is 47.5 Å². The lowest BCUT2D eigenvalue weighted by atomic mass is 9.91. The maximum atomic E-state index is 11.2. The molecule has 2 aromatic carbocycles. The van der Waals surface area contributed by atoms with E-state index >= 15 is 0 Å². The fourth-order valence-corrected chi connectivity index (χ4v) is 2.76. The van der Waals surface area contributed by atoms with E-state index in [0.29, 0.717) is 25.0 Å². The highest BCUT2D eigenvalue weighted by molar-refractivity contribution is 5.77. The fraction of sp³-hybridized carbons (Fsp3) is 0.316. The Hall–Kier alpha value is -2.53. The van der Waals surface area contributed by atoms with Crippen molar-refractivity contribution >= 4 is 5.91 Å². The Balaban J connectivity index is 2.34. The summed E-state index contributed by atoms with van der Waals surface area (Å²) in [6.45, 7) is 2.27. The molecule has 0 saturated heterocycles. The summed E-state index contributed by atoms with van der Waals surface area (Å²) in [6, 6.07) is 10.9. The van der Waals surface area contributed by atoms with E-state index in [1.807, 2.05) is 37.3 Å². The van der Waals surface area contributed by atoms with Crippen LogP contribution in [-0.2, 0) is 22.4 Å². The topological polar surface area (TPSA) is 78.8 Å². The summed E-state index contributed by atoms with van der Waals surface area (Å²) in [7, 11) is 1.56. The summed E-state index contributed by atoms with van der Waals surface area (Å²) >= 11 is 0. The van der Waals surface area contributed by atoms with Gasteiger partial charge in [-0.05, 0) is 29.5 Å². The van der Waals surface area contributed by atoms with E-state index in [1.54, 1.807) is 7.05 Å². The molecule has 5 nitrogen and oxygen atoms in total. The molecule has 0 unspecified atom stereocenters. The molecular formula is C19H23NO4. The molecule has 0 atom stereocenters. The lowest BCUT2D eigenvalue weighted by molar-refractivity contribution is -0.125. The number of hydrogen-bond acceptors (Lipinski definition) is 4. The standard InChI is InChI=1S/C19H23NO4/c1-3-14-15(9-10-24-12-18(23)20-2)19(17(22)11-16(14)21)13-7-5-4-6-8-13/h4-8,11,21-22H,3,9-10,12H2,1-2H3,(H,20,23). The molecule has 0 aliphatic rings. The first-order valence-corrected chi connectivity index (χ1v) is 7.98. The summed E-state index contributed by atoms with van der Waals surface area (Å²) < 4.78 is 5.39. The number of phenolic OH excluding ortho intramolecular Hbond substituents is 2. The van der Waals surface area contributed by atoms with Crippen molar-refractivity contribution in [2.45, 2.75) is 19.8 Å². The fourth-order valence-electron chi connectivity index (χ4n) is 2.76. The average molecular weight is 329 g/mol. The van der Waals surface area contributed by atoms with E-state index in [0.717, 1.165) is 16.7 Å². The summed E-state index contributed by atoms with van der Waals surface area (Å²) in [4.78, 5) is 11.2. The Morgan fingerprint density at radius 1 is 1.12 bits per heavy atom. The molecule has 2 rings (SSSR count). The number of carbonyl (C=O) groups is 1. The molecular weight excluding hydrogens is 306 g/mol. The minimum atomic E-state index is -0.187. The van der Waals surface area contributed by atoms with Gasteiger partial charge in [-0.15, -0.1) is 0 Å². The molecule has 0 saturated carbocycles. The van der Waals surface area contributed by atoms with Crippen LogP contribution in [0.5, 0.6) is 11.5 Å². The molecule has 0 aliphatic carbocycles. The van der Waals surface area contributed by atoms with Gasteiger partial charge in [0.25, 0.3) is 0 Å². The van der Waals surface area contributed by atoms with Crippen LogP contribution in [0.2, 0.25) is 0 Å². The molecule has 3 N–H and O–H groups in total. The second-order valence-electron chi connectivity index (χ2n) is 5.44. The van der Waals surface area contributed by atoms with Crippen molar-refractivity contribution < 1.29 is 19.7 Å². The van der Waals surface area contributed by atoms with Gasteiger partial charge in [0.15, 0.2) is 0 Å². The molecule has 128 valence electrons. The highest BCUT2D eigenvalue weighted by Gasteiger charge is 2.18. The van der Waals surface area contributed by atoms with Crippen molar-refractivity contribution in [3.63, 3.8) is 0 Å². The Morgan fingerprint density at radius 2 is 1.83 bits per heavy atom. The first-order chi connectivity index (χ1) is 11.6. The van der Waals surface area contributed by atoms with Crippen molar-refractivity contribution in [1.82, 2.24) is 5.32 Å². The number of carbonyl (C=O) groups excluding carboxylic acids is 1. The zero-order chi connectivity index (χ0) is 17.5. The monoisotopic (exact) mass is 329 g/mol. The minimum absolute atomic E-state index is 0.0105. The highest BCUT2D eigenvalue weighted by atomic mass is 16.5. The molecule has 0 fully saturated rings. The van der Waals surface area contributed by atoms with Crippen molar-refractivity contribution in [2.24, 2.45) is 0 Å². The van der Waals surface area contributed by atoms with Crippen LogP contribution in [0.1, 0.15) is 18.1 Å². The number of amides is 1. The van der Waals surface area contributed by atoms with E-state index in [-0.39, 0.29) is 24.0 Å². The van der Waals surface area contributed by atoms with Gasteiger partial charge in [-0.3, -0.25) is 4.79 Å². The molecule has 0 spiro atoms. The van der Waals surface area contributed by atoms with E-state index in [4.69, 9.17) is 4.74 Å². The van der Waals surface area contributed by atoms with Gasteiger partial charge in [-0.2, -0.15) is 0 Å². The van der Waals surface area contributed by atoms with Crippen LogP contribution in [0.3, 0.4) is 0 Å². The number of ether oxygens (including phenoxy) is 1. The van der Waals surface area contributed by atoms with Gasteiger partial charge in [-0.25, -0.2) is 0 Å². The predicted octanol–water partition coefficient (Wildman–Crippen LogP) is 2.63. The van der Waals surface area contributed by atoms with E-state index < -0.39 is 0 Å². The number of rotatable bonds is 7. The number of hydrogen-bond donors (Lipinski definition) is 3. The normalized spacial score (nSPS) is 10.6. The maximum absolute atomic E-state index is 11.2. The highest BCUT2D eigenvalue weighted by Crippen LogP contribution is 2.39. The van der Waals surface area contributed by atoms with Crippen LogP contribution in [0.25, 0.3) is 11.1 Å². The number of benzene rings is 2. The van der Waals surface area contributed by atoms with Crippen LogP contribution in [0, 0.1) is 0 Å². The van der Waals surface area contributed by atoms with Gasteiger partial charge < -0.3 is 20.3 Å². The Bertz CT molecular complexity index is 698. The summed E-state index contributed by atoms with van der Waals surface area (Å²) in [5.74, 6) is -0.0686. The number of nitrogens with one attached hydrogen (secondary N) is 1. The van der Waals surface area contributed by atoms with Crippen LogP contribution in [0.15, 0.2) is 36.4 Å². The summed E-state index contributed by atoms with van der Waals surface area (Å²) in [5, 5.41) is 23.0. The first kappa shape index (κ1) is 17.8. The Kier molecular flexibility index (Phi) is 6.21. The van der Waals surface area contributed by atoms with Crippen LogP contribution >= 0.6 is 0 Å². The van der Waals surface area contributed by atoms with Crippen molar-refractivity contribution in [2.75, 3.05) is 20.3 Å². The third-order valence-corrected chi connectivity index (χ3v) is 3.93.